The third-order valence-electron chi connectivity index (χ3n) is 3.80. The Kier molecular flexibility index (Phi) is 7.95. The second-order valence-electron chi connectivity index (χ2n) is 5.63. The number of amides is 2. The molecular formula is C18H26N2O4. The van der Waals surface area contributed by atoms with E-state index in [-0.39, 0.29) is 18.2 Å². The summed E-state index contributed by atoms with van der Waals surface area (Å²) in [6.45, 7) is 4.57. The lowest BCUT2D eigenvalue weighted by molar-refractivity contribution is -0.129. The Balaban J connectivity index is 2.72. The largest absolute Gasteiger partial charge is 0.465 e. The van der Waals surface area contributed by atoms with Crippen LogP contribution in [0.2, 0.25) is 0 Å². The van der Waals surface area contributed by atoms with Gasteiger partial charge in [0, 0.05) is 39.2 Å². The van der Waals surface area contributed by atoms with Crippen LogP contribution in [-0.4, -0.2) is 49.9 Å². The average molecular weight is 334 g/mol. The van der Waals surface area contributed by atoms with Crippen LogP contribution in [0.1, 0.15) is 43.5 Å². The lowest BCUT2D eigenvalue weighted by Gasteiger charge is -2.23. The Labute approximate surface area is 143 Å². The third kappa shape index (κ3) is 5.68. The van der Waals surface area contributed by atoms with Crippen LogP contribution < -0.4 is 4.90 Å². The van der Waals surface area contributed by atoms with Crippen molar-refractivity contribution < 1.29 is 19.1 Å². The van der Waals surface area contributed by atoms with E-state index in [1.54, 1.807) is 36.2 Å². The second kappa shape index (κ2) is 9.70. The zero-order valence-corrected chi connectivity index (χ0v) is 14.9. The van der Waals surface area contributed by atoms with Crippen molar-refractivity contribution in [3.63, 3.8) is 0 Å². The zero-order chi connectivity index (χ0) is 18.1. The molecule has 1 aromatic carbocycles. The van der Waals surface area contributed by atoms with Crippen LogP contribution in [0.4, 0.5) is 5.69 Å². The first kappa shape index (κ1) is 19.7. The van der Waals surface area contributed by atoms with Crippen LogP contribution in [0.5, 0.6) is 0 Å². The summed E-state index contributed by atoms with van der Waals surface area (Å²) < 4.78 is 4.65. The van der Waals surface area contributed by atoms with Crippen LogP contribution >= 0.6 is 0 Å². The fraction of sp³-hybridized carbons (Fsp3) is 0.500. The van der Waals surface area contributed by atoms with Crippen molar-refractivity contribution in [1.29, 1.82) is 0 Å². The summed E-state index contributed by atoms with van der Waals surface area (Å²) >= 11 is 0. The van der Waals surface area contributed by atoms with Gasteiger partial charge in [0.05, 0.1) is 12.7 Å². The molecule has 132 valence electrons. The van der Waals surface area contributed by atoms with Gasteiger partial charge < -0.3 is 14.5 Å². The van der Waals surface area contributed by atoms with Gasteiger partial charge in [0.25, 0.3) is 0 Å². The number of hydrogen-bond donors (Lipinski definition) is 0. The maximum Gasteiger partial charge on any atom is 0.337 e. The Bertz CT molecular complexity index is 569. The molecule has 0 bridgehead atoms. The Morgan fingerprint density at radius 3 is 2.21 bits per heavy atom. The highest BCUT2D eigenvalue weighted by molar-refractivity contribution is 5.94. The Morgan fingerprint density at radius 2 is 1.71 bits per heavy atom. The molecule has 2 amide bonds. The van der Waals surface area contributed by atoms with Gasteiger partial charge in [0.15, 0.2) is 0 Å². The minimum atomic E-state index is -0.427. The minimum Gasteiger partial charge on any atom is -0.465 e. The van der Waals surface area contributed by atoms with Gasteiger partial charge in [-0.05, 0) is 30.7 Å². The standard InChI is InChI=1S/C18H26N2O4/c1-5-6-12-19(3)17(22)11-13-20(14(2)21)16-9-7-15(8-10-16)18(23)24-4/h7-10H,5-6,11-13H2,1-4H3. The summed E-state index contributed by atoms with van der Waals surface area (Å²) in [4.78, 5) is 38.7. The molecule has 0 unspecified atom stereocenters. The number of hydrogen-bond acceptors (Lipinski definition) is 4. The quantitative estimate of drug-likeness (QED) is 0.685. The molecule has 0 saturated heterocycles. The molecule has 0 aromatic heterocycles. The highest BCUT2D eigenvalue weighted by Gasteiger charge is 2.16. The molecule has 0 fully saturated rings. The number of benzene rings is 1. The van der Waals surface area contributed by atoms with Gasteiger partial charge in [-0.1, -0.05) is 13.3 Å². The molecule has 24 heavy (non-hydrogen) atoms. The number of nitrogens with zero attached hydrogens (tertiary/aromatic N) is 2. The summed E-state index contributed by atoms with van der Waals surface area (Å²) in [6.07, 6.45) is 2.26. The first-order valence-corrected chi connectivity index (χ1v) is 8.11. The molecule has 1 rings (SSSR count). The molecule has 6 nitrogen and oxygen atoms in total. The van der Waals surface area contributed by atoms with E-state index in [0.717, 1.165) is 19.4 Å². The number of ether oxygens (including phenoxy) is 1. The van der Waals surface area contributed by atoms with Gasteiger partial charge in [-0.3, -0.25) is 9.59 Å². The average Bonchev–Trinajstić information content (AvgIpc) is 2.59. The second-order valence-corrected chi connectivity index (χ2v) is 5.63. The van der Waals surface area contributed by atoms with E-state index >= 15 is 0 Å². The van der Waals surface area contributed by atoms with Crippen LogP contribution in [0, 0.1) is 0 Å². The van der Waals surface area contributed by atoms with Crippen molar-refractivity contribution in [1.82, 2.24) is 4.90 Å². The summed E-state index contributed by atoms with van der Waals surface area (Å²) in [5, 5.41) is 0. The maximum absolute atomic E-state index is 12.1. The van der Waals surface area contributed by atoms with Gasteiger partial charge in [0.1, 0.15) is 0 Å². The first-order valence-electron chi connectivity index (χ1n) is 8.11. The maximum atomic E-state index is 12.1. The molecule has 0 heterocycles. The Hall–Kier alpha value is -2.37. The third-order valence-corrected chi connectivity index (χ3v) is 3.80. The number of carbonyl (C=O) groups excluding carboxylic acids is 3. The normalized spacial score (nSPS) is 10.2. The van der Waals surface area contributed by atoms with Gasteiger partial charge >= 0.3 is 5.97 Å². The SMILES string of the molecule is CCCCN(C)C(=O)CCN(C(C)=O)c1ccc(C(=O)OC)cc1. The predicted octanol–water partition coefficient (Wildman–Crippen LogP) is 2.47. The molecule has 6 heteroatoms. The van der Waals surface area contributed by atoms with Crippen LogP contribution in [0.15, 0.2) is 24.3 Å². The summed E-state index contributed by atoms with van der Waals surface area (Å²) in [6, 6.07) is 6.57. The van der Waals surface area contributed by atoms with Gasteiger partial charge in [-0.15, -0.1) is 0 Å². The summed E-state index contributed by atoms with van der Waals surface area (Å²) in [7, 11) is 3.10. The van der Waals surface area contributed by atoms with Crippen molar-refractivity contribution in [3.05, 3.63) is 29.8 Å². The molecule has 0 saturated carbocycles. The van der Waals surface area contributed by atoms with Gasteiger partial charge in [-0.2, -0.15) is 0 Å². The topological polar surface area (TPSA) is 66.9 Å². The number of unbranched alkanes of at least 4 members (excludes halogenated alkanes) is 1. The van der Waals surface area contributed by atoms with Crippen molar-refractivity contribution >= 4 is 23.5 Å². The van der Waals surface area contributed by atoms with E-state index in [4.69, 9.17) is 0 Å². The molecular weight excluding hydrogens is 308 g/mol. The predicted molar refractivity (Wildman–Crippen MR) is 93.0 cm³/mol. The van der Waals surface area contributed by atoms with E-state index < -0.39 is 5.97 Å². The van der Waals surface area contributed by atoms with Crippen molar-refractivity contribution in [2.24, 2.45) is 0 Å². The minimum absolute atomic E-state index is 0.0147. The molecule has 0 N–H and O–H groups in total. The smallest absolute Gasteiger partial charge is 0.337 e. The van der Waals surface area contributed by atoms with Crippen molar-refractivity contribution in [2.75, 3.05) is 32.1 Å². The van der Waals surface area contributed by atoms with E-state index in [9.17, 15) is 14.4 Å². The number of carbonyl (C=O) groups is 3. The molecule has 0 aliphatic rings. The van der Waals surface area contributed by atoms with Crippen molar-refractivity contribution in [3.8, 4) is 0 Å². The van der Waals surface area contributed by atoms with Crippen molar-refractivity contribution in [2.45, 2.75) is 33.1 Å². The molecule has 0 radical (unpaired) electrons. The molecule has 0 aliphatic carbocycles. The van der Waals surface area contributed by atoms with E-state index in [2.05, 4.69) is 11.7 Å². The number of rotatable bonds is 8. The lowest BCUT2D eigenvalue weighted by Crippen LogP contribution is -2.35. The summed E-state index contributed by atoms with van der Waals surface area (Å²) in [5.41, 5.74) is 1.07. The van der Waals surface area contributed by atoms with E-state index in [0.29, 0.717) is 17.8 Å². The number of anilines is 1. The summed E-state index contributed by atoms with van der Waals surface area (Å²) in [5.74, 6) is -0.561. The zero-order valence-electron chi connectivity index (χ0n) is 14.9. The number of esters is 1. The highest BCUT2D eigenvalue weighted by Crippen LogP contribution is 2.17. The van der Waals surface area contributed by atoms with Gasteiger partial charge in [-0.25, -0.2) is 4.79 Å². The lowest BCUT2D eigenvalue weighted by atomic mass is 10.2. The fourth-order valence-electron chi connectivity index (χ4n) is 2.28. The van der Waals surface area contributed by atoms with Gasteiger partial charge in [0.2, 0.25) is 11.8 Å². The highest BCUT2D eigenvalue weighted by atomic mass is 16.5. The van der Waals surface area contributed by atoms with Crippen LogP contribution in [0.25, 0.3) is 0 Å². The molecule has 1 aromatic rings. The van der Waals surface area contributed by atoms with E-state index in [1.165, 1.54) is 18.9 Å². The monoisotopic (exact) mass is 334 g/mol. The fourth-order valence-corrected chi connectivity index (χ4v) is 2.28. The van der Waals surface area contributed by atoms with E-state index in [1.807, 2.05) is 0 Å². The molecule has 0 spiro atoms. The molecule has 0 aliphatic heterocycles. The molecule has 0 atom stereocenters. The Morgan fingerprint density at radius 1 is 1.08 bits per heavy atom. The van der Waals surface area contributed by atoms with Crippen LogP contribution in [0.3, 0.4) is 0 Å². The first-order chi connectivity index (χ1) is 11.4. The van der Waals surface area contributed by atoms with Crippen LogP contribution in [-0.2, 0) is 14.3 Å². The number of methoxy groups -OCH3 is 1.